The predicted octanol–water partition coefficient (Wildman–Crippen LogP) is 4.35. The lowest BCUT2D eigenvalue weighted by atomic mass is 10.1. The molecule has 2 aromatic carbocycles. The van der Waals surface area contributed by atoms with E-state index in [2.05, 4.69) is 10.1 Å². The van der Waals surface area contributed by atoms with Crippen molar-refractivity contribution in [3.8, 4) is 22.8 Å². The van der Waals surface area contributed by atoms with Gasteiger partial charge in [0.2, 0.25) is 4.80 Å². The zero-order chi connectivity index (χ0) is 19.6. The van der Waals surface area contributed by atoms with Crippen molar-refractivity contribution < 1.29 is 14.6 Å². The summed E-state index contributed by atoms with van der Waals surface area (Å²) < 4.78 is 15.0. The SMILES string of the molecule is CC(=Nn1c(-c2ccc(F)cc2)csc1=NC(C)C)c1ccc(O)cc1O. The number of rotatable bonds is 4. The van der Waals surface area contributed by atoms with E-state index >= 15 is 0 Å². The first kappa shape index (κ1) is 18.8. The lowest BCUT2D eigenvalue weighted by Gasteiger charge is -2.08. The number of hydrogen-bond donors (Lipinski definition) is 2. The summed E-state index contributed by atoms with van der Waals surface area (Å²) in [6.07, 6.45) is 0. The molecule has 0 amide bonds. The molecule has 1 aromatic heterocycles. The maximum absolute atomic E-state index is 13.3. The molecule has 3 aromatic rings. The van der Waals surface area contributed by atoms with Crippen molar-refractivity contribution in [2.24, 2.45) is 10.1 Å². The fraction of sp³-hybridized carbons (Fsp3) is 0.200. The Bertz CT molecular complexity index is 1050. The summed E-state index contributed by atoms with van der Waals surface area (Å²) >= 11 is 1.44. The van der Waals surface area contributed by atoms with E-state index < -0.39 is 0 Å². The molecule has 5 nitrogen and oxygen atoms in total. The lowest BCUT2D eigenvalue weighted by molar-refractivity contribution is 0.450. The van der Waals surface area contributed by atoms with E-state index in [0.29, 0.717) is 16.1 Å². The number of phenolic OH excluding ortho intramolecular Hbond substituents is 2. The zero-order valence-corrected chi connectivity index (χ0v) is 16.0. The minimum Gasteiger partial charge on any atom is -0.508 e. The molecule has 0 aliphatic heterocycles. The van der Waals surface area contributed by atoms with Crippen LogP contribution in [0.3, 0.4) is 0 Å². The van der Waals surface area contributed by atoms with Crippen molar-refractivity contribution in [2.45, 2.75) is 26.8 Å². The van der Waals surface area contributed by atoms with Crippen LogP contribution in [0.2, 0.25) is 0 Å². The van der Waals surface area contributed by atoms with Crippen molar-refractivity contribution in [2.75, 3.05) is 0 Å². The fourth-order valence-electron chi connectivity index (χ4n) is 2.55. The predicted molar refractivity (Wildman–Crippen MR) is 106 cm³/mol. The number of halogens is 1. The van der Waals surface area contributed by atoms with Gasteiger partial charge in [0.15, 0.2) is 0 Å². The van der Waals surface area contributed by atoms with Crippen LogP contribution in [0.5, 0.6) is 11.5 Å². The third-order valence-corrected chi connectivity index (χ3v) is 4.65. The van der Waals surface area contributed by atoms with Crippen LogP contribution in [0.15, 0.2) is 57.9 Å². The van der Waals surface area contributed by atoms with E-state index in [1.54, 1.807) is 29.8 Å². The van der Waals surface area contributed by atoms with Crippen LogP contribution < -0.4 is 4.80 Å². The van der Waals surface area contributed by atoms with Crippen LogP contribution in [0.1, 0.15) is 26.3 Å². The van der Waals surface area contributed by atoms with Crippen molar-refractivity contribution in [1.29, 1.82) is 0 Å². The first-order chi connectivity index (χ1) is 12.8. The van der Waals surface area contributed by atoms with E-state index in [1.165, 1.54) is 35.6 Å². The molecule has 0 unspecified atom stereocenters. The van der Waals surface area contributed by atoms with Crippen molar-refractivity contribution in [3.63, 3.8) is 0 Å². The Labute approximate surface area is 160 Å². The molecule has 0 radical (unpaired) electrons. The Kier molecular flexibility index (Phi) is 5.41. The standard InChI is InChI=1S/C20H20FN3O2S/c1-12(2)22-20-24(18(11-27-20)14-4-6-15(21)7-5-14)23-13(3)17-9-8-16(25)10-19(17)26/h4-12,25-26H,1-3H3. The Balaban J connectivity index is 2.17. The van der Waals surface area contributed by atoms with Crippen LogP contribution in [-0.4, -0.2) is 26.6 Å². The molecule has 0 saturated heterocycles. The first-order valence-corrected chi connectivity index (χ1v) is 9.31. The van der Waals surface area contributed by atoms with Crippen molar-refractivity contribution >= 4 is 17.0 Å². The molecule has 27 heavy (non-hydrogen) atoms. The molecule has 0 fully saturated rings. The topological polar surface area (TPSA) is 70.1 Å². The summed E-state index contributed by atoms with van der Waals surface area (Å²) in [5.74, 6) is -0.381. The van der Waals surface area contributed by atoms with E-state index in [1.807, 2.05) is 19.2 Å². The second kappa shape index (κ2) is 7.75. The van der Waals surface area contributed by atoms with Crippen LogP contribution in [0.25, 0.3) is 11.3 Å². The molecule has 0 bridgehead atoms. The van der Waals surface area contributed by atoms with E-state index in [4.69, 9.17) is 0 Å². The van der Waals surface area contributed by atoms with Gasteiger partial charge < -0.3 is 10.2 Å². The average molecular weight is 385 g/mol. The highest BCUT2D eigenvalue weighted by molar-refractivity contribution is 7.07. The zero-order valence-electron chi connectivity index (χ0n) is 15.2. The molecular weight excluding hydrogens is 365 g/mol. The lowest BCUT2D eigenvalue weighted by Crippen LogP contribution is -2.16. The number of aromatic hydroxyl groups is 2. The largest absolute Gasteiger partial charge is 0.508 e. The summed E-state index contributed by atoms with van der Waals surface area (Å²) in [6, 6.07) is 10.6. The molecule has 3 rings (SSSR count). The van der Waals surface area contributed by atoms with Gasteiger partial charge in [-0.25, -0.2) is 9.07 Å². The number of thiazole rings is 1. The van der Waals surface area contributed by atoms with Crippen LogP contribution >= 0.6 is 11.3 Å². The Morgan fingerprint density at radius 3 is 2.44 bits per heavy atom. The monoisotopic (exact) mass is 385 g/mol. The molecule has 0 saturated carbocycles. The van der Waals surface area contributed by atoms with Gasteiger partial charge in [0, 0.05) is 28.6 Å². The van der Waals surface area contributed by atoms with Gasteiger partial charge >= 0.3 is 0 Å². The molecule has 0 spiro atoms. The highest BCUT2D eigenvalue weighted by Gasteiger charge is 2.11. The average Bonchev–Trinajstić information content (AvgIpc) is 2.97. The first-order valence-electron chi connectivity index (χ1n) is 8.43. The maximum Gasteiger partial charge on any atom is 0.206 e. The minimum absolute atomic E-state index is 0.0188. The van der Waals surface area contributed by atoms with Gasteiger partial charge in [-0.15, -0.1) is 11.3 Å². The van der Waals surface area contributed by atoms with E-state index in [9.17, 15) is 14.6 Å². The van der Waals surface area contributed by atoms with Gasteiger partial charge in [-0.05, 0) is 57.2 Å². The number of benzene rings is 2. The summed E-state index contributed by atoms with van der Waals surface area (Å²) in [5.41, 5.74) is 2.65. The number of nitrogens with zero attached hydrogens (tertiary/aromatic N) is 3. The van der Waals surface area contributed by atoms with Crippen LogP contribution in [0.4, 0.5) is 4.39 Å². The van der Waals surface area contributed by atoms with Crippen LogP contribution in [0, 0.1) is 5.82 Å². The smallest absolute Gasteiger partial charge is 0.206 e. The number of phenols is 2. The van der Waals surface area contributed by atoms with Gasteiger partial charge in [0.05, 0.1) is 11.4 Å². The fourth-order valence-corrected chi connectivity index (χ4v) is 3.52. The second-order valence-corrected chi connectivity index (χ2v) is 7.17. The molecule has 0 aliphatic carbocycles. The third kappa shape index (κ3) is 4.25. The molecule has 0 atom stereocenters. The summed E-state index contributed by atoms with van der Waals surface area (Å²) in [5, 5.41) is 26.2. The van der Waals surface area contributed by atoms with Gasteiger partial charge in [-0.2, -0.15) is 5.10 Å². The van der Waals surface area contributed by atoms with E-state index in [0.717, 1.165) is 11.3 Å². The van der Waals surface area contributed by atoms with Gasteiger partial charge in [-0.3, -0.25) is 4.99 Å². The summed E-state index contributed by atoms with van der Waals surface area (Å²) in [6.45, 7) is 5.72. The Hall–Kier alpha value is -2.93. The Morgan fingerprint density at radius 1 is 1.11 bits per heavy atom. The quantitative estimate of drug-likeness (QED) is 0.656. The maximum atomic E-state index is 13.3. The Morgan fingerprint density at radius 2 is 1.81 bits per heavy atom. The second-order valence-electron chi connectivity index (χ2n) is 6.33. The minimum atomic E-state index is -0.304. The molecule has 1 heterocycles. The third-order valence-electron chi connectivity index (χ3n) is 3.82. The van der Waals surface area contributed by atoms with Crippen molar-refractivity contribution in [3.05, 3.63) is 64.0 Å². The van der Waals surface area contributed by atoms with E-state index in [-0.39, 0.29) is 23.4 Å². The summed E-state index contributed by atoms with van der Waals surface area (Å²) in [4.78, 5) is 5.30. The molecule has 140 valence electrons. The van der Waals surface area contributed by atoms with Gasteiger partial charge in [0.25, 0.3) is 0 Å². The molecular formula is C20H20FN3O2S. The van der Waals surface area contributed by atoms with Crippen LogP contribution in [-0.2, 0) is 0 Å². The molecule has 7 heteroatoms. The molecule has 2 N–H and O–H groups in total. The number of hydrogen-bond acceptors (Lipinski definition) is 5. The highest BCUT2D eigenvalue weighted by atomic mass is 32.1. The highest BCUT2D eigenvalue weighted by Crippen LogP contribution is 2.25. The summed E-state index contributed by atoms with van der Waals surface area (Å²) in [7, 11) is 0. The normalized spacial score (nSPS) is 12.8. The van der Waals surface area contributed by atoms with Gasteiger partial charge in [-0.1, -0.05) is 0 Å². The van der Waals surface area contributed by atoms with Crippen molar-refractivity contribution in [1.82, 2.24) is 4.68 Å². The van der Waals surface area contributed by atoms with Gasteiger partial charge in [0.1, 0.15) is 17.3 Å². The number of aromatic nitrogens is 1. The molecule has 0 aliphatic rings.